The summed E-state index contributed by atoms with van der Waals surface area (Å²) in [6.45, 7) is 2.49. The molecule has 116 valence electrons. The zero-order valence-corrected chi connectivity index (χ0v) is 12.7. The summed E-state index contributed by atoms with van der Waals surface area (Å²) in [5.41, 5.74) is 8.71. The number of nitrogens with two attached hydrogens (primary N) is 1. The normalized spacial score (nSPS) is 12.0. The van der Waals surface area contributed by atoms with Crippen LogP contribution in [0.25, 0.3) is 0 Å². The quantitative estimate of drug-likeness (QED) is 0.862. The van der Waals surface area contributed by atoms with Crippen molar-refractivity contribution in [2.75, 3.05) is 0 Å². The first-order valence-electron chi connectivity index (χ1n) is 7.36. The molecule has 2 aromatic rings. The third-order valence-electron chi connectivity index (χ3n) is 3.62. The molecule has 0 fully saturated rings. The van der Waals surface area contributed by atoms with Gasteiger partial charge in [-0.1, -0.05) is 42.5 Å². The number of benzene rings is 2. The van der Waals surface area contributed by atoms with Gasteiger partial charge in [-0.05, 0) is 36.1 Å². The van der Waals surface area contributed by atoms with E-state index < -0.39 is 6.04 Å². The van der Waals surface area contributed by atoms with E-state index >= 15 is 0 Å². The molecule has 3 nitrogen and oxygen atoms in total. The van der Waals surface area contributed by atoms with E-state index in [1.807, 2.05) is 31.2 Å². The van der Waals surface area contributed by atoms with Gasteiger partial charge in [-0.2, -0.15) is 0 Å². The lowest BCUT2D eigenvalue weighted by Crippen LogP contribution is -2.33. The Balaban J connectivity index is 1.82. The number of rotatable bonds is 6. The Morgan fingerprint density at radius 2 is 1.77 bits per heavy atom. The molecule has 0 saturated heterocycles. The summed E-state index contributed by atoms with van der Waals surface area (Å²) in [5, 5.41) is 2.86. The molecule has 0 radical (unpaired) electrons. The summed E-state index contributed by atoms with van der Waals surface area (Å²) in [7, 11) is 0. The van der Waals surface area contributed by atoms with Crippen molar-refractivity contribution in [1.29, 1.82) is 0 Å². The van der Waals surface area contributed by atoms with Gasteiger partial charge in [0.05, 0.1) is 0 Å². The van der Waals surface area contributed by atoms with Crippen molar-refractivity contribution in [3.63, 3.8) is 0 Å². The van der Waals surface area contributed by atoms with Crippen LogP contribution in [0.4, 0.5) is 4.39 Å². The molecule has 0 unspecified atom stereocenters. The first-order valence-corrected chi connectivity index (χ1v) is 7.36. The smallest absolute Gasteiger partial charge is 0.221 e. The van der Waals surface area contributed by atoms with E-state index in [0.29, 0.717) is 18.5 Å². The summed E-state index contributed by atoms with van der Waals surface area (Å²) in [5.74, 6) is -0.398. The fourth-order valence-corrected chi connectivity index (χ4v) is 2.33. The maximum Gasteiger partial charge on any atom is 0.221 e. The maximum atomic E-state index is 13.5. The van der Waals surface area contributed by atoms with Crippen LogP contribution in [0.5, 0.6) is 0 Å². The van der Waals surface area contributed by atoms with Gasteiger partial charge >= 0.3 is 0 Å². The van der Waals surface area contributed by atoms with Gasteiger partial charge in [0.1, 0.15) is 5.82 Å². The van der Waals surface area contributed by atoms with Crippen LogP contribution in [0.1, 0.15) is 23.1 Å². The Morgan fingerprint density at radius 3 is 2.45 bits per heavy atom. The van der Waals surface area contributed by atoms with E-state index in [1.165, 1.54) is 6.07 Å². The largest absolute Gasteiger partial charge is 0.352 e. The van der Waals surface area contributed by atoms with E-state index in [0.717, 1.165) is 11.1 Å². The lowest BCUT2D eigenvalue weighted by molar-refractivity contribution is -0.121. The van der Waals surface area contributed by atoms with Crippen molar-refractivity contribution >= 4 is 5.91 Å². The van der Waals surface area contributed by atoms with E-state index in [-0.39, 0.29) is 18.1 Å². The van der Waals surface area contributed by atoms with Gasteiger partial charge in [0.15, 0.2) is 0 Å². The first kappa shape index (κ1) is 16.2. The fraction of sp³-hybridized carbons (Fsp3) is 0.278. The van der Waals surface area contributed by atoms with Crippen molar-refractivity contribution < 1.29 is 9.18 Å². The van der Waals surface area contributed by atoms with Crippen LogP contribution in [-0.2, 0) is 17.8 Å². The molecule has 22 heavy (non-hydrogen) atoms. The summed E-state index contributed by atoms with van der Waals surface area (Å²) in [6.07, 6.45) is 0.532. The summed E-state index contributed by atoms with van der Waals surface area (Å²) in [6, 6.07) is 14.0. The predicted molar refractivity (Wildman–Crippen MR) is 85.7 cm³/mol. The van der Waals surface area contributed by atoms with Crippen LogP contribution in [0.2, 0.25) is 0 Å². The summed E-state index contributed by atoms with van der Waals surface area (Å²) < 4.78 is 13.5. The predicted octanol–water partition coefficient (Wildman–Crippen LogP) is 2.71. The molecule has 0 heterocycles. The Hall–Kier alpha value is -2.20. The molecular formula is C18H21FN2O. The van der Waals surface area contributed by atoms with Crippen LogP contribution < -0.4 is 11.1 Å². The number of carbonyl (C=O) groups excluding carboxylic acids is 1. The van der Waals surface area contributed by atoms with Gasteiger partial charge in [-0.25, -0.2) is 4.39 Å². The average Bonchev–Trinajstić information content (AvgIpc) is 2.49. The molecule has 1 atom stereocenters. The number of aryl methyl sites for hydroxylation is 1. The van der Waals surface area contributed by atoms with Gasteiger partial charge in [0.2, 0.25) is 5.91 Å². The Bertz CT molecular complexity index is 642. The van der Waals surface area contributed by atoms with Crippen molar-refractivity contribution in [3.05, 3.63) is 71.0 Å². The van der Waals surface area contributed by atoms with Gasteiger partial charge in [-0.3, -0.25) is 4.79 Å². The van der Waals surface area contributed by atoms with Gasteiger partial charge < -0.3 is 11.1 Å². The molecule has 4 heteroatoms. The van der Waals surface area contributed by atoms with Crippen LogP contribution in [0.3, 0.4) is 0 Å². The second-order valence-corrected chi connectivity index (χ2v) is 5.46. The zero-order chi connectivity index (χ0) is 15.9. The first-order chi connectivity index (χ1) is 10.6. The lowest BCUT2D eigenvalue weighted by atomic mass is 10.0. The molecule has 2 aromatic carbocycles. The van der Waals surface area contributed by atoms with Gasteiger partial charge in [-0.15, -0.1) is 0 Å². The molecular weight excluding hydrogens is 279 g/mol. The third-order valence-corrected chi connectivity index (χ3v) is 3.62. The van der Waals surface area contributed by atoms with Crippen LogP contribution in [-0.4, -0.2) is 11.9 Å². The minimum atomic E-state index is -0.395. The van der Waals surface area contributed by atoms with Crippen molar-refractivity contribution in [3.8, 4) is 0 Å². The molecule has 0 bridgehead atoms. The summed E-state index contributed by atoms with van der Waals surface area (Å²) in [4.78, 5) is 11.9. The van der Waals surface area contributed by atoms with Crippen LogP contribution in [0, 0.1) is 12.7 Å². The van der Waals surface area contributed by atoms with Crippen LogP contribution >= 0.6 is 0 Å². The van der Waals surface area contributed by atoms with E-state index in [4.69, 9.17) is 5.73 Å². The molecule has 0 aliphatic rings. The minimum absolute atomic E-state index is 0.118. The maximum absolute atomic E-state index is 13.5. The topological polar surface area (TPSA) is 55.1 Å². The third kappa shape index (κ3) is 4.67. The average molecular weight is 300 g/mol. The number of nitrogens with one attached hydrogen (secondary N) is 1. The molecule has 0 aliphatic heterocycles. The molecule has 0 spiro atoms. The second kappa shape index (κ2) is 7.71. The molecule has 0 aliphatic carbocycles. The van der Waals surface area contributed by atoms with Gasteiger partial charge in [0.25, 0.3) is 0 Å². The number of carbonyl (C=O) groups is 1. The number of amides is 1. The molecule has 0 aromatic heterocycles. The highest BCUT2D eigenvalue weighted by Gasteiger charge is 2.12. The Morgan fingerprint density at radius 1 is 1.14 bits per heavy atom. The van der Waals surface area contributed by atoms with Crippen molar-refractivity contribution in [2.45, 2.75) is 32.4 Å². The van der Waals surface area contributed by atoms with E-state index in [1.54, 1.807) is 18.2 Å². The molecule has 3 N–H and O–H groups in total. The summed E-state index contributed by atoms with van der Waals surface area (Å²) >= 11 is 0. The molecule has 0 saturated carbocycles. The SMILES string of the molecule is Cc1ccccc1CNC(=O)C[C@H](N)Cc1ccccc1F. The number of halogens is 1. The van der Waals surface area contributed by atoms with E-state index in [9.17, 15) is 9.18 Å². The van der Waals surface area contributed by atoms with Gasteiger partial charge in [0, 0.05) is 19.0 Å². The van der Waals surface area contributed by atoms with Crippen molar-refractivity contribution in [1.82, 2.24) is 5.32 Å². The second-order valence-electron chi connectivity index (χ2n) is 5.46. The number of hydrogen-bond donors (Lipinski definition) is 2. The van der Waals surface area contributed by atoms with Crippen molar-refractivity contribution in [2.24, 2.45) is 5.73 Å². The standard InChI is InChI=1S/C18H21FN2O/c1-13-6-2-3-8-15(13)12-21-18(22)11-16(20)10-14-7-4-5-9-17(14)19/h2-9,16H,10-12,20H2,1H3,(H,21,22)/t16-/m1/s1. The highest BCUT2D eigenvalue weighted by atomic mass is 19.1. The Labute approximate surface area is 130 Å². The molecule has 1 amide bonds. The van der Waals surface area contributed by atoms with E-state index in [2.05, 4.69) is 5.32 Å². The fourth-order valence-electron chi connectivity index (χ4n) is 2.33. The monoisotopic (exact) mass is 300 g/mol. The van der Waals surface area contributed by atoms with Crippen LogP contribution in [0.15, 0.2) is 48.5 Å². The number of hydrogen-bond acceptors (Lipinski definition) is 2. The minimum Gasteiger partial charge on any atom is -0.352 e. The zero-order valence-electron chi connectivity index (χ0n) is 12.7. The highest BCUT2D eigenvalue weighted by Crippen LogP contribution is 2.10. The molecule has 2 rings (SSSR count). The lowest BCUT2D eigenvalue weighted by Gasteiger charge is -2.13. The Kier molecular flexibility index (Phi) is 5.67. The highest BCUT2D eigenvalue weighted by molar-refractivity contribution is 5.76.